The summed E-state index contributed by atoms with van der Waals surface area (Å²) in [5.74, 6) is 2.62. The highest BCUT2D eigenvalue weighted by Crippen LogP contribution is 2.22. The Morgan fingerprint density at radius 1 is 0.862 bits per heavy atom. The van der Waals surface area contributed by atoms with Gasteiger partial charge in [-0.2, -0.15) is 0 Å². The van der Waals surface area contributed by atoms with Gasteiger partial charge < -0.3 is 14.2 Å². The first kappa shape index (κ1) is 20.2. The summed E-state index contributed by atoms with van der Waals surface area (Å²) in [5, 5.41) is 0. The quantitative estimate of drug-likeness (QED) is 0.264. The lowest BCUT2D eigenvalue weighted by molar-refractivity contribution is 0.339. The minimum Gasteiger partial charge on any atom is -0.494 e. The van der Waals surface area contributed by atoms with Crippen LogP contribution in [0.4, 0.5) is 5.69 Å². The van der Waals surface area contributed by atoms with Crippen LogP contribution in [0.1, 0.15) is 19.4 Å². The minimum atomic E-state index is 0.456. The Bertz CT molecular complexity index is 994. The molecule has 0 spiro atoms. The lowest BCUT2D eigenvalue weighted by Gasteiger charge is -2.11. The van der Waals surface area contributed by atoms with E-state index in [9.17, 15) is 0 Å². The van der Waals surface area contributed by atoms with Gasteiger partial charge in [-0.3, -0.25) is 0 Å². The van der Waals surface area contributed by atoms with Crippen molar-refractivity contribution in [2.24, 2.45) is 4.99 Å². The molecule has 0 aliphatic heterocycles. The summed E-state index contributed by atoms with van der Waals surface area (Å²) in [6.45, 7) is 6.48. The van der Waals surface area contributed by atoms with Crippen LogP contribution >= 0.6 is 0 Å². The summed E-state index contributed by atoms with van der Waals surface area (Å²) < 4.78 is 17.5. The number of ether oxygens (including phenoxy) is 3. The van der Waals surface area contributed by atoms with Gasteiger partial charge in [-0.15, -0.1) is 0 Å². The second kappa shape index (κ2) is 10.1. The van der Waals surface area contributed by atoms with Gasteiger partial charge >= 0.3 is 0 Å². The van der Waals surface area contributed by atoms with E-state index in [1.54, 1.807) is 6.26 Å². The van der Waals surface area contributed by atoms with Gasteiger partial charge in [0.1, 0.15) is 17.2 Å². The Morgan fingerprint density at radius 2 is 1.59 bits per heavy atom. The van der Waals surface area contributed by atoms with E-state index in [4.69, 9.17) is 14.2 Å². The molecule has 4 heteroatoms. The molecule has 0 atom stereocenters. The van der Waals surface area contributed by atoms with E-state index < -0.39 is 0 Å². The molecule has 0 amide bonds. The Kier molecular flexibility index (Phi) is 7.06. The van der Waals surface area contributed by atoms with Crippen LogP contribution in [0.15, 0.2) is 95.7 Å². The highest BCUT2D eigenvalue weighted by Gasteiger charge is 2.09. The molecule has 0 saturated heterocycles. The number of hydrogen-bond donors (Lipinski definition) is 0. The van der Waals surface area contributed by atoms with Gasteiger partial charge in [0.15, 0.2) is 0 Å². The molecule has 3 aromatic carbocycles. The Labute approximate surface area is 172 Å². The summed E-state index contributed by atoms with van der Waals surface area (Å²) in [6.07, 6.45) is 1.66. The molecule has 0 aliphatic carbocycles. The maximum atomic E-state index is 6.10. The molecule has 0 aliphatic rings. The van der Waals surface area contributed by atoms with E-state index in [0.717, 1.165) is 28.3 Å². The fraction of sp³-hybridized carbons (Fsp3) is 0.160. The van der Waals surface area contributed by atoms with Crippen molar-refractivity contribution in [1.29, 1.82) is 0 Å². The van der Waals surface area contributed by atoms with Crippen LogP contribution in [-0.2, 0) is 0 Å². The van der Waals surface area contributed by atoms with Crippen LogP contribution in [0.2, 0.25) is 0 Å². The minimum absolute atomic E-state index is 0.456. The highest BCUT2D eigenvalue weighted by molar-refractivity contribution is 5.96. The number of nitrogens with zero attached hydrogens (tertiary/aromatic N) is 1. The van der Waals surface area contributed by atoms with Crippen LogP contribution in [0.5, 0.6) is 17.2 Å². The number of rotatable bonds is 7. The largest absolute Gasteiger partial charge is 0.494 e. The summed E-state index contributed by atoms with van der Waals surface area (Å²) in [5.41, 5.74) is 2.69. The van der Waals surface area contributed by atoms with Gasteiger partial charge in [0, 0.05) is 11.6 Å². The number of para-hydroxylation sites is 1. The van der Waals surface area contributed by atoms with Crippen LogP contribution < -0.4 is 14.2 Å². The lowest BCUT2D eigenvalue weighted by Crippen LogP contribution is -2.11. The molecular weight excluding hydrogens is 362 g/mol. The molecule has 0 N–H and O–H groups in total. The van der Waals surface area contributed by atoms with Gasteiger partial charge in [-0.25, -0.2) is 4.99 Å². The molecule has 29 heavy (non-hydrogen) atoms. The smallest absolute Gasteiger partial charge is 0.225 e. The number of hydrogen-bond acceptors (Lipinski definition) is 4. The molecule has 4 nitrogen and oxygen atoms in total. The molecule has 0 saturated carbocycles. The van der Waals surface area contributed by atoms with E-state index in [1.807, 2.05) is 99.6 Å². The first-order valence-electron chi connectivity index (χ1n) is 9.59. The maximum absolute atomic E-state index is 6.10. The number of benzene rings is 3. The fourth-order valence-electron chi connectivity index (χ4n) is 2.61. The summed E-state index contributed by atoms with van der Waals surface area (Å²) >= 11 is 0. The molecule has 0 aromatic heterocycles. The first-order chi connectivity index (χ1) is 14.1. The van der Waals surface area contributed by atoms with Gasteiger partial charge in [-0.1, -0.05) is 36.4 Å². The van der Waals surface area contributed by atoms with Crippen molar-refractivity contribution >= 4 is 11.6 Å². The van der Waals surface area contributed by atoms with Crippen molar-refractivity contribution in [2.75, 3.05) is 6.61 Å². The van der Waals surface area contributed by atoms with Gasteiger partial charge in [0.2, 0.25) is 5.90 Å². The predicted molar refractivity (Wildman–Crippen MR) is 117 cm³/mol. The normalized spacial score (nSPS) is 11.8. The third-order valence-electron chi connectivity index (χ3n) is 4.02. The van der Waals surface area contributed by atoms with Crippen LogP contribution in [0.3, 0.4) is 0 Å². The average Bonchev–Trinajstić information content (AvgIpc) is 2.73. The van der Waals surface area contributed by atoms with E-state index in [1.165, 1.54) is 0 Å². The second-order valence-electron chi connectivity index (χ2n) is 6.50. The third kappa shape index (κ3) is 6.25. The van der Waals surface area contributed by atoms with Crippen LogP contribution in [0.25, 0.3) is 0 Å². The molecular formula is C25H25NO3. The Hall–Kier alpha value is -3.53. The topological polar surface area (TPSA) is 40.0 Å². The number of aliphatic imine (C=N–C) groups is 1. The summed E-state index contributed by atoms with van der Waals surface area (Å²) in [7, 11) is 0. The molecule has 0 bridgehead atoms. The van der Waals surface area contributed by atoms with E-state index in [-0.39, 0.29) is 0 Å². The van der Waals surface area contributed by atoms with Crippen molar-refractivity contribution in [2.45, 2.75) is 20.8 Å². The van der Waals surface area contributed by atoms with Crippen molar-refractivity contribution in [3.8, 4) is 17.2 Å². The first-order valence-corrected chi connectivity index (χ1v) is 9.59. The zero-order valence-corrected chi connectivity index (χ0v) is 17.0. The molecule has 3 aromatic rings. The molecule has 3 rings (SSSR count). The summed E-state index contributed by atoms with van der Waals surface area (Å²) in [4.78, 5) is 4.66. The second-order valence-corrected chi connectivity index (χ2v) is 6.50. The van der Waals surface area contributed by atoms with Crippen molar-refractivity contribution in [3.05, 3.63) is 96.3 Å². The maximum Gasteiger partial charge on any atom is 0.225 e. The SMILES string of the molecule is CCOc1cccc(OC(=Nc2ccccc2)C(C)=COc2cccc(C)c2)c1. The van der Waals surface area contributed by atoms with E-state index in [2.05, 4.69) is 4.99 Å². The summed E-state index contributed by atoms with van der Waals surface area (Å²) in [6, 6.07) is 25.1. The van der Waals surface area contributed by atoms with E-state index >= 15 is 0 Å². The predicted octanol–water partition coefficient (Wildman–Crippen LogP) is 6.49. The lowest BCUT2D eigenvalue weighted by atomic mass is 10.2. The van der Waals surface area contributed by atoms with Crippen molar-refractivity contribution in [1.82, 2.24) is 0 Å². The zero-order chi connectivity index (χ0) is 20.5. The monoisotopic (exact) mass is 387 g/mol. The molecule has 0 unspecified atom stereocenters. The fourth-order valence-corrected chi connectivity index (χ4v) is 2.61. The number of aryl methyl sites for hydroxylation is 1. The highest BCUT2D eigenvalue weighted by atomic mass is 16.5. The Balaban J connectivity index is 1.87. The third-order valence-corrected chi connectivity index (χ3v) is 4.02. The molecule has 0 fully saturated rings. The Morgan fingerprint density at radius 3 is 2.34 bits per heavy atom. The molecule has 148 valence electrons. The van der Waals surface area contributed by atoms with Gasteiger partial charge in [0.25, 0.3) is 0 Å². The van der Waals surface area contributed by atoms with Crippen LogP contribution in [0, 0.1) is 6.92 Å². The van der Waals surface area contributed by atoms with Gasteiger partial charge in [-0.05, 0) is 62.7 Å². The van der Waals surface area contributed by atoms with E-state index in [0.29, 0.717) is 18.3 Å². The van der Waals surface area contributed by atoms with Crippen molar-refractivity contribution in [3.63, 3.8) is 0 Å². The average molecular weight is 387 g/mol. The zero-order valence-electron chi connectivity index (χ0n) is 17.0. The standard InChI is InChI=1S/C25H25NO3/c1-4-27-23-14-9-15-24(17-23)29-25(26-21-11-6-5-7-12-21)20(3)18-28-22-13-8-10-19(2)16-22/h5-18H,4H2,1-3H3. The van der Waals surface area contributed by atoms with Crippen LogP contribution in [-0.4, -0.2) is 12.5 Å². The molecule has 0 radical (unpaired) electrons. The van der Waals surface area contributed by atoms with Gasteiger partial charge in [0.05, 0.1) is 18.6 Å². The molecule has 0 heterocycles. The van der Waals surface area contributed by atoms with Crippen molar-refractivity contribution < 1.29 is 14.2 Å².